The number of nitrogens with zero attached hydrogens (tertiary/aromatic N) is 3. The van der Waals surface area contributed by atoms with Gasteiger partial charge in [0.2, 0.25) is 5.95 Å². The van der Waals surface area contributed by atoms with Gasteiger partial charge in [-0.15, -0.1) is 0 Å². The van der Waals surface area contributed by atoms with Gasteiger partial charge in [0.15, 0.2) is 0 Å². The number of methoxy groups -OCH3 is 1. The van der Waals surface area contributed by atoms with E-state index in [1.54, 1.807) is 19.4 Å². The van der Waals surface area contributed by atoms with Crippen LogP contribution in [0.15, 0.2) is 54.7 Å². The summed E-state index contributed by atoms with van der Waals surface area (Å²) in [6.07, 6.45) is 1.61. The third-order valence-corrected chi connectivity index (χ3v) is 3.85. The zero-order valence-electron chi connectivity index (χ0n) is 15.9. The molecule has 0 unspecified atom stereocenters. The van der Waals surface area contributed by atoms with E-state index in [0.29, 0.717) is 5.82 Å². The fourth-order valence-corrected chi connectivity index (χ4v) is 2.67. The van der Waals surface area contributed by atoms with E-state index < -0.39 is 5.97 Å². The normalized spacial score (nSPS) is 10.1. The van der Waals surface area contributed by atoms with Gasteiger partial charge in [0.25, 0.3) is 5.97 Å². The highest BCUT2D eigenvalue weighted by atomic mass is 16.5. The molecule has 0 amide bonds. The van der Waals surface area contributed by atoms with E-state index in [1.165, 1.54) is 0 Å². The second-order valence-electron chi connectivity index (χ2n) is 6.01. The number of carbonyl (C=O) groups is 1. The first-order valence-electron chi connectivity index (χ1n) is 8.64. The van der Waals surface area contributed by atoms with Crippen molar-refractivity contribution in [3.05, 3.63) is 54.7 Å². The van der Waals surface area contributed by atoms with Crippen LogP contribution >= 0.6 is 0 Å². The number of ether oxygens (including phenoxy) is 1. The molecular weight excluding hydrogens is 372 g/mol. The van der Waals surface area contributed by atoms with Crippen LogP contribution in [-0.2, 0) is 4.79 Å². The maximum atomic E-state index is 9.00. The Labute approximate surface area is 166 Å². The van der Waals surface area contributed by atoms with Crippen LogP contribution in [0.25, 0.3) is 22.2 Å². The smallest absolute Gasteiger partial charge is 0.300 e. The Morgan fingerprint density at radius 1 is 1.21 bits per heavy atom. The average Bonchev–Trinajstić information content (AvgIpc) is 3.11. The Hall–Kier alpha value is -4.14. The van der Waals surface area contributed by atoms with E-state index in [-0.39, 0.29) is 5.95 Å². The molecule has 0 saturated carbocycles. The van der Waals surface area contributed by atoms with Gasteiger partial charge in [0.05, 0.1) is 12.6 Å². The Bertz CT molecular complexity index is 1140. The van der Waals surface area contributed by atoms with Gasteiger partial charge in [-0.05, 0) is 36.4 Å². The fraction of sp³-hybridized carbons (Fsp3) is 0.100. The van der Waals surface area contributed by atoms with Crippen molar-refractivity contribution in [3.8, 4) is 17.0 Å². The van der Waals surface area contributed by atoms with Gasteiger partial charge in [-0.3, -0.25) is 9.89 Å². The Morgan fingerprint density at radius 2 is 2.00 bits per heavy atom. The van der Waals surface area contributed by atoms with E-state index in [9.17, 15) is 0 Å². The topological polar surface area (TPSA) is 139 Å². The molecule has 0 aliphatic rings. The van der Waals surface area contributed by atoms with Crippen molar-refractivity contribution in [2.75, 3.05) is 18.2 Å². The number of nitrogens with two attached hydrogens (primary N) is 1. The molecular formula is C20H20N6O3. The molecule has 29 heavy (non-hydrogen) atoms. The molecule has 9 nitrogen and oxygen atoms in total. The zero-order chi connectivity index (χ0) is 20.8. The quantitative estimate of drug-likeness (QED) is 0.414. The minimum absolute atomic E-state index is 0.228. The molecule has 0 saturated heterocycles. The maximum absolute atomic E-state index is 9.00. The lowest BCUT2D eigenvalue weighted by atomic mass is 10.1. The number of carboxylic acids is 1. The van der Waals surface area contributed by atoms with Crippen molar-refractivity contribution in [3.63, 3.8) is 0 Å². The molecule has 4 aromatic rings. The van der Waals surface area contributed by atoms with Crippen molar-refractivity contribution in [1.29, 1.82) is 0 Å². The summed E-state index contributed by atoms with van der Waals surface area (Å²) in [4.78, 5) is 17.0. The van der Waals surface area contributed by atoms with Crippen LogP contribution in [0.2, 0.25) is 0 Å². The number of carboxylic acid groups (broad SMARTS) is 1. The van der Waals surface area contributed by atoms with E-state index in [1.807, 2.05) is 42.5 Å². The van der Waals surface area contributed by atoms with Gasteiger partial charge in [0.1, 0.15) is 17.3 Å². The molecule has 0 spiro atoms. The summed E-state index contributed by atoms with van der Waals surface area (Å²) in [5.74, 6) is 0.823. The minimum atomic E-state index is -0.833. The summed E-state index contributed by atoms with van der Waals surface area (Å²) in [6, 6.07) is 15.5. The zero-order valence-corrected chi connectivity index (χ0v) is 15.9. The largest absolute Gasteiger partial charge is 0.497 e. The molecule has 0 bridgehead atoms. The summed E-state index contributed by atoms with van der Waals surface area (Å²) in [5.41, 5.74) is 9.30. The number of H-pyrrole nitrogens is 1. The highest BCUT2D eigenvalue weighted by Crippen LogP contribution is 2.31. The summed E-state index contributed by atoms with van der Waals surface area (Å²) >= 11 is 0. The average molecular weight is 392 g/mol. The van der Waals surface area contributed by atoms with Crippen LogP contribution in [0, 0.1) is 0 Å². The van der Waals surface area contributed by atoms with Gasteiger partial charge in [0, 0.05) is 29.8 Å². The number of fused-ring (bicyclic) bond motifs is 1. The van der Waals surface area contributed by atoms with Crippen LogP contribution in [0.1, 0.15) is 6.92 Å². The van der Waals surface area contributed by atoms with E-state index in [4.69, 9.17) is 20.4 Å². The summed E-state index contributed by atoms with van der Waals surface area (Å²) in [6.45, 7) is 1.08. The Kier molecular flexibility index (Phi) is 5.88. The molecule has 0 aliphatic carbocycles. The maximum Gasteiger partial charge on any atom is 0.300 e. The number of nitrogens with one attached hydrogen (secondary N) is 2. The van der Waals surface area contributed by atoms with Crippen LogP contribution in [0.5, 0.6) is 5.75 Å². The van der Waals surface area contributed by atoms with Crippen molar-refractivity contribution in [2.45, 2.75) is 6.92 Å². The van der Waals surface area contributed by atoms with Gasteiger partial charge in [-0.1, -0.05) is 12.1 Å². The number of hydrogen-bond acceptors (Lipinski definition) is 7. The summed E-state index contributed by atoms with van der Waals surface area (Å²) in [5, 5.41) is 19.2. The van der Waals surface area contributed by atoms with Crippen LogP contribution in [0.4, 0.5) is 17.5 Å². The SMILES string of the molecule is CC(=O)O.COc1cccc(-c2n[nH]c3ccc(Nc4ccnc(N)n4)cc23)c1. The van der Waals surface area contributed by atoms with E-state index in [2.05, 4.69) is 25.5 Å². The predicted molar refractivity (Wildman–Crippen MR) is 111 cm³/mol. The van der Waals surface area contributed by atoms with Gasteiger partial charge < -0.3 is 20.9 Å². The van der Waals surface area contributed by atoms with Gasteiger partial charge >= 0.3 is 0 Å². The molecule has 148 valence electrons. The number of nitrogen functional groups attached to an aromatic ring is 1. The fourth-order valence-electron chi connectivity index (χ4n) is 2.67. The van der Waals surface area contributed by atoms with Crippen LogP contribution < -0.4 is 15.8 Å². The molecule has 2 aromatic carbocycles. The first kappa shape index (κ1) is 19.6. The van der Waals surface area contributed by atoms with Crippen molar-refractivity contribution in [1.82, 2.24) is 20.2 Å². The molecule has 2 aromatic heterocycles. The minimum Gasteiger partial charge on any atom is -0.497 e. The lowest BCUT2D eigenvalue weighted by Gasteiger charge is -2.06. The standard InChI is InChI=1S/C18H16N6O.C2H4O2/c1-25-13-4-2-3-11(9-13)17-14-10-12(5-6-15(14)23-24-17)21-16-7-8-20-18(19)22-16;1-2(3)4/h2-10H,1H3,(H,23,24)(H3,19,20,21,22);1H3,(H,3,4). The lowest BCUT2D eigenvalue weighted by molar-refractivity contribution is -0.134. The van der Waals surface area contributed by atoms with Crippen molar-refractivity contribution in [2.24, 2.45) is 0 Å². The molecule has 4 rings (SSSR count). The summed E-state index contributed by atoms with van der Waals surface area (Å²) in [7, 11) is 1.65. The van der Waals surface area contributed by atoms with Gasteiger partial charge in [-0.25, -0.2) is 4.98 Å². The number of rotatable bonds is 4. The molecule has 0 atom stereocenters. The number of aliphatic carboxylic acids is 1. The number of aromatic amines is 1. The summed E-state index contributed by atoms with van der Waals surface area (Å²) < 4.78 is 5.30. The van der Waals surface area contributed by atoms with Gasteiger partial charge in [-0.2, -0.15) is 10.1 Å². The third kappa shape index (κ3) is 4.98. The number of hydrogen-bond donors (Lipinski definition) is 4. The van der Waals surface area contributed by atoms with E-state index in [0.717, 1.165) is 40.5 Å². The molecule has 0 aliphatic heterocycles. The number of anilines is 3. The first-order chi connectivity index (χ1) is 14.0. The van der Waals surface area contributed by atoms with E-state index >= 15 is 0 Å². The highest BCUT2D eigenvalue weighted by molar-refractivity contribution is 5.95. The van der Waals surface area contributed by atoms with Crippen LogP contribution in [0.3, 0.4) is 0 Å². The second-order valence-corrected chi connectivity index (χ2v) is 6.01. The molecule has 9 heteroatoms. The lowest BCUT2D eigenvalue weighted by Crippen LogP contribution is -1.98. The predicted octanol–water partition coefficient (Wildman–Crippen LogP) is 3.45. The third-order valence-electron chi connectivity index (χ3n) is 3.85. The van der Waals surface area contributed by atoms with Crippen LogP contribution in [-0.4, -0.2) is 38.4 Å². The molecule has 5 N–H and O–H groups in total. The molecule has 2 heterocycles. The Morgan fingerprint density at radius 3 is 2.72 bits per heavy atom. The second kappa shape index (κ2) is 8.70. The molecule has 0 radical (unpaired) electrons. The highest BCUT2D eigenvalue weighted by Gasteiger charge is 2.10. The van der Waals surface area contributed by atoms with Crippen molar-refractivity contribution < 1.29 is 14.6 Å². The molecule has 0 fully saturated rings. The Balaban J connectivity index is 0.000000552. The number of aromatic nitrogens is 4. The monoisotopic (exact) mass is 392 g/mol. The first-order valence-corrected chi connectivity index (χ1v) is 8.64. The number of benzene rings is 2. The van der Waals surface area contributed by atoms with Crippen molar-refractivity contribution >= 4 is 34.3 Å².